The lowest BCUT2D eigenvalue weighted by molar-refractivity contribution is 0.610. The molecule has 0 N–H and O–H groups in total. The first-order chi connectivity index (χ1) is 7.30. The standard InChI is InChI=1S/C11H12ClNO2S/c1-7-4-8(2)11-9(5-7)10(6-13(11)3)16(12,14)15/h4-6H,1-3H3. The number of hydrogen-bond acceptors (Lipinski definition) is 2. The summed E-state index contributed by atoms with van der Waals surface area (Å²) in [4.78, 5) is 0.179. The topological polar surface area (TPSA) is 39.1 Å². The highest BCUT2D eigenvalue weighted by molar-refractivity contribution is 8.14. The lowest BCUT2D eigenvalue weighted by Crippen LogP contribution is -1.88. The number of benzene rings is 1. The van der Waals surface area contributed by atoms with Crippen molar-refractivity contribution in [3.05, 3.63) is 29.5 Å². The minimum Gasteiger partial charge on any atom is -0.349 e. The van der Waals surface area contributed by atoms with E-state index >= 15 is 0 Å². The molecule has 0 unspecified atom stereocenters. The molecule has 16 heavy (non-hydrogen) atoms. The van der Waals surface area contributed by atoms with Crippen molar-refractivity contribution in [2.75, 3.05) is 0 Å². The zero-order valence-corrected chi connectivity index (χ0v) is 10.9. The van der Waals surface area contributed by atoms with E-state index in [4.69, 9.17) is 10.7 Å². The third-order valence-electron chi connectivity index (χ3n) is 2.64. The quantitative estimate of drug-likeness (QED) is 0.737. The Bertz CT molecular complexity index is 671. The van der Waals surface area contributed by atoms with Crippen molar-refractivity contribution in [3.63, 3.8) is 0 Å². The van der Waals surface area contributed by atoms with Gasteiger partial charge >= 0.3 is 0 Å². The molecule has 86 valence electrons. The number of halogens is 1. The molecule has 0 saturated carbocycles. The normalized spacial score (nSPS) is 12.2. The Balaban J connectivity index is 3.00. The van der Waals surface area contributed by atoms with Crippen molar-refractivity contribution in [2.45, 2.75) is 18.7 Å². The molecule has 0 saturated heterocycles. The summed E-state index contributed by atoms with van der Waals surface area (Å²) in [5, 5.41) is 0.690. The van der Waals surface area contributed by atoms with Gasteiger partial charge < -0.3 is 4.57 Å². The molecule has 2 aromatic rings. The van der Waals surface area contributed by atoms with E-state index in [2.05, 4.69) is 0 Å². The maximum atomic E-state index is 11.4. The molecule has 0 aliphatic heterocycles. The summed E-state index contributed by atoms with van der Waals surface area (Å²) in [5.41, 5.74) is 2.98. The average Bonchev–Trinajstić information content (AvgIpc) is 2.41. The van der Waals surface area contributed by atoms with Gasteiger partial charge in [0.2, 0.25) is 0 Å². The highest BCUT2D eigenvalue weighted by Crippen LogP contribution is 2.30. The Morgan fingerprint density at radius 3 is 2.44 bits per heavy atom. The number of fused-ring (bicyclic) bond motifs is 1. The van der Waals surface area contributed by atoms with Gasteiger partial charge in [0.25, 0.3) is 9.05 Å². The molecular formula is C11H12ClNO2S. The van der Waals surface area contributed by atoms with Crippen molar-refractivity contribution in [2.24, 2.45) is 7.05 Å². The summed E-state index contributed by atoms with van der Waals surface area (Å²) >= 11 is 0. The first kappa shape index (κ1) is 11.5. The van der Waals surface area contributed by atoms with Crippen LogP contribution in [0.4, 0.5) is 0 Å². The Morgan fingerprint density at radius 1 is 1.25 bits per heavy atom. The number of aromatic nitrogens is 1. The molecule has 1 heterocycles. The first-order valence-corrected chi connectivity index (χ1v) is 7.12. The van der Waals surface area contributed by atoms with Gasteiger partial charge in [-0.1, -0.05) is 11.6 Å². The van der Waals surface area contributed by atoms with Crippen molar-refractivity contribution >= 4 is 30.6 Å². The number of nitrogens with zero attached hydrogens (tertiary/aromatic N) is 1. The SMILES string of the molecule is Cc1cc(C)c2c(c1)c(S(=O)(=O)Cl)cn2C. The van der Waals surface area contributed by atoms with Gasteiger partial charge in [0, 0.05) is 29.3 Å². The second kappa shape index (κ2) is 3.50. The summed E-state index contributed by atoms with van der Waals surface area (Å²) in [6, 6.07) is 3.87. The van der Waals surface area contributed by atoms with Crippen LogP contribution in [0, 0.1) is 13.8 Å². The smallest absolute Gasteiger partial charge is 0.263 e. The summed E-state index contributed by atoms with van der Waals surface area (Å²) in [5.74, 6) is 0. The molecule has 0 bridgehead atoms. The molecule has 0 fully saturated rings. The molecule has 0 spiro atoms. The Morgan fingerprint density at radius 2 is 1.88 bits per heavy atom. The fraction of sp³-hybridized carbons (Fsp3) is 0.273. The number of hydrogen-bond donors (Lipinski definition) is 0. The molecule has 0 radical (unpaired) electrons. The van der Waals surface area contributed by atoms with Gasteiger partial charge in [-0.15, -0.1) is 0 Å². The van der Waals surface area contributed by atoms with Gasteiger partial charge in [-0.3, -0.25) is 0 Å². The fourth-order valence-corrected chi connectivity index (χ4v) is 3.19. The molecule has 1 aromatic carbocycles. The first-order valence-electron chi connectivity index (χ1n) is 4.81. The van der Waals surface area contributed by atoms with Crippen molar-refractivity contribution < 1.29 is 8.42 Å². The van der Waals surface area contributed by atoms with Gasteiger partial charge in [0.1, 0.15) is 4.90 Å². The lowest BCUT2D eigenvalue weighted by atomic mass is 10.1. The Labute approximate surface area is 99.1 Å². The minimum absolute atomic E-state index is 0.179. The van der Waals surface area contributed by atoms with Crippen molar-refractivity contribution in [1.82, 2.24) is 4.57 Å². The van der Waals surface area contributed by atoms with E-state index in [0.29, 0.717) is 5.39 Å². The molecule has 2 rings (SSSR count). The predicted molar refractivity (Wildman–Crippen MR) is 65.4 cm³/mol. The highest BCUT2D eigenvalue weighted by Gasteiger charge is 2.18. The molecule has 0 aliphatic carbocycles. The monoisotopic (exact) mass is 257 g/mol. The average molecular weight is 258 g/mol. The number of rotatable bonds is 1. The maximum Gasteiger partial charge on any atom is 0.263 e. The van der Waals surface area contributed by atoms with Crippen LogP contribution in [0.2, 0.25) is 0 Å². The molecule has 5 heteroatoms. The van der Waals surface area contributed by atoms with Crippen LogP contribution in [0.25, 0.3) is 10.9 Å². The minimum atomic E-state index is -3.69. The fourth-order valence-electron chi connectivity index (χ4n) is 2.12. The van der Waals surface area contributed by atoms with E-state index in [9.17, 15) is 8.42 Å². The largest absolute Gasteiger partial charge is 0.349 e. The van der Waals surface area contributed by atoms with E-state index in [1.807, 2.05) is 33.0 Å². The van der Waals surface area contributed by atoms with E-state index in [1.54, 1.807) is 10.8 Å². The van der Waals surface area contributed by atoms with Crippen LogP contribution in [-0.2, 0) is 16.1 Å². The van der Waals surface area contributed by atoms with Crippen LogP contribution >= 0.6 is 10.7 Å². The highest BCUT2D eigenvalue weighted by atomic mass is 35.7. The van der Waals surface area contributed by atoms with Crippen LogP contribution in [0.15, 0.2) is 23.2 Å². The summed E-state index contributed by atoms with van der Waals surface area (Å²) in [6.45, 7) is 3.89. The van der Waals surface area contributed by atoms with Crippen LogP contribution < -0.4 is 0 Å². The summed E-state index contributed by atoms with van der Waals surface area (Å²) in [6.07, 6.45) is 1.56. The molecule has 0 atom stereocenters. The molecule has 0 amide bonds. The van der Waals surface area contributed by atoms with Gasteiger partial charge in [-0.2, -0.15) is 0 Å². The van der Waals surface area contributed by atoms with Gasteiger partial charge in [-0.05, 0) is 25.5 Å². The third kappa shape index (κ3) is 1.72. The Hall–Kier alpha value is -1.00. The molecule has 3 nitrogen and oxygen atoms in total. The van der Waals surface area contributed by atoms with Crippen molar-refractivity contribution in [3.8, 4) is 0 Å². The van der Waals surface area contributed by atoms with E-state index < -0.39 is 9.05 Å². The predicted octanol–water partition coefficient (Wildman–Crippen LogP) is 2.72. The molecule has 0 aliphatic rings. The van der Waals surface area contributed by atoms with Crippen LogP contribution in [0.5, 0.6) is 0 Å². The molecular weight excluding hydrogens is 246 g/mol. The van der Waals surface area contributed by atoms with Crippen LogP contribution in [0.1, 0.15) is 11.1 Å². The van der Waals surface area contributed by atoms with E-state index in [1.165, 1.54) is 0 Å². The third-order valence-corrected chi connectivity index (χ3v) is 3.99. The van der Waals surface area contributed by atoms with E-state index in [-0.39, 0.29) is 4.90 Å². The van der Waals surface area contributed by atoms with Gasteiger partial charge in [-0.25, -0.2) is 8.42 Å². The summed E-state index contributed by atoms with van der Waals surface area (Å²) in [7, 11) is 3.54. The van der Waals surface area contributed by atoms with Crippen molar-refractivity contribution in [1.29, 1.82) is 0 Å². The van der Waals surface area contributed by atoms with Gasteiger partial charge in [0.15, 0.2) is 0 Å². The van der Waals surface area contributed by atoms with E-state index in [0.717, 1.165) is 16.6 Å². The van der Waals surface area contributed by atoms with Crippen LogP contribution in [0.3, 0.4) is 0 Å². The zero-order chi connectivity index (χ0) is 12.1. The molecule has 1 aromatic heterocycles. The second-order valence-electron chi connectivity index (χ2n) is 4.02. The Kier molecular flexibility index (Phi) is 2.51. The zero-order valence-electron chi connectivity index (χ0n) is 9.28. The van der Waals surface area contributed by atoms with Crippen LogP contribution in [-0.4, -0.2) is 13.0 Å². The maximum absolute atomic E-state index is 11.4. The second-order valence-corrected chi connectivity index (χ2v) is 6.55. The van der Waals surface area contributed by atoms with Gasteiger partial charge in [0.05, 0.1) is 5.52 Å². The summed E-state index contributed by atoms with van der Waals surface area (Å²) < 4.78 is 24.7. The lowest BCUT2D eigenvalue weighted by Gasteiger charge is -2.02. The number of aryl methyl sites for hydroxylation is 3.